The van der Waals surface area contributed by atoms with Gasteiger partial charge in [0.25, 0.3) is 10.1 Å². The molecule has 58 valence electrons. The van der Waals surface area contributed by atoms with Crippen LogP contribution in [0.25, 0.3) is 0 Å². The van der Waals surface area contributed by atoms with Crippen LogP contribution >= 0.6 is 0 Å². The SMILES string of the molecule is NC(=O)CCS(=O)(=O)O.[H-].[H-].[K+].[K+]. The minimum Gasteiger partial charge on any atom is -1.00 e. The summed E-state index contributed by atoms with van der Waals surface area (Å²) in [5, 5.41) is 0. The molecule has 0 spiro atoms. The zero-order valence-corrected chi connectivity index (χ0v) is 13.6. The summed E-state index contributed by atoms with van der Waals surface area (Å²) < 4.78 is 27.8. The van der Waals surface area contributed by atoms with Crippen LogP contribution in [0.2, 0.25) is 0 Å². The van der Waals surface area contributed by atoms with E-state index in [0.29, 0.717) is 0 Å². The van der Waals surface area contributed by atoms with Gasteiger partial charge in [-0.1, -0.05) is 0 Å². The molecule has 0 saturated carbocycles. The van der Waals surface area contributed by atoms with Crippen LogP contribution in [0.3, 0.4) is 0 Å². The van der Waals surface area contributed by atoms with Gasteiger partial charge in [0.15, 0.2) is 0 Å². The maximum absolute atomic E-state index is 9.89. The van der Waals surface area contributed by atoms with Crippen LogP contribution in [-0.4, -0.2) is 24.6 Å². The number of hydrogen-bond donors (Lipinski definition) is 2. The molecule has 0 aliphatic heterocycles. The van der Waals surface area contributed by atoms with E-state index in [1.54, 1.807) is 0 Å². The van der Waals surface area contributed by atoms with E-state index in [2.05, 4.69) is 5.73 Å². The Morgan fingerprint density at radius 1 is 1.45 bits per heavy atom. The van der Waals surface area contributed by atoms with E-state index in [1.807, 2.05) is 0 Å². The first-order chi connectivity index (χ1) is 3.92. The molecule has 0 rings (SSSR count). The summed E-state index contributed by atoms with van der Waals surface area (Å²) in [4.78, 5) is 9.89. The van der Waals surface area contributed by atoms with Crippen LogP contribution in [0.1, 0.15) is 9.27 Å². The van der Waals surface area contributed by atoms with Crippen LogP contribution in [-0.2, 0) is 14.9 Å². The molecule has 0 aromatic carbocycles. The van der Waals surface area contributed by atoms with Crippen molar-refractivity contribution in [2.75, 3.05) is 5.75 Å². The van der Waals surface area contributed by atoms with E-state index in [-0.39, 0.29) is 112 Å². The summed E-state index contributed by atoms with van der Waals surface area (Å²) in [5.41, 5.74) is 4.59. The van der Waals surface area contributed by atoms with Crippen molar-refractivity contribution in [3.8, 4) is 0 Å². The Labute approximate surface area is 153 Å². The molecule has 11 heavy (non-hydrogen) atoms. The summed E-state index contributed by atoms with van der Waals surface area (Å²) in [6.07, 6.45) is -0.334. The molecule has 0 aliphatic rings. The van der Waals surface area contributed by atoms with Crippen molar-refractivity contribution in [1.82, 2.24) is 0 Å². The Morgan fingerprint density at radius 2 is 1.82 bits per heavy atom. The third-order valence-corrected chi connectivity index (χ3v) is 1.33. The first-order valence-electron chi connectivity index (χ1n) is 2.15. The molecule has 0 bridgehead atoms. The fourth-order valence-electron chi connectivity index (χ4n) is 0.230. The van der Waals surface area contributed by atoms with Gasteiger partial charge in [-0.2, -0.15) is 8.42 Å². The monoisotopic (exact) mass is 233 g/mol. The van der Waals surface area contributed by atoms with E-state index < -0.39 is 21.8 Å². The van der Waals surface area contributed by atoms with E-state index in [0.717, 1.165) is 0 Å². The standard InChI is InChI=1S/C3H7NO4S.2K.2H/c4-3(5)1-2-9(6,7)8;;;;/h1-2H2,(H2,4,5)(H,6,7,8);;;;/q;2*+1;2*-1. The largest absolute Gasteiger partial charge is 1.00 e. The zero-order chi connectivity index (χ0) is 7.49. The van der Waals surface area contributed by atoms with Gasteiger partial charge in [-0.3, -0.25) is 9.35 Å². The minimum atomic E-state index is -4.02. The van der Waals surface area contributed by atoms with Gasteiger partial charge in [0.2, 0.25) is 5.91 Å². The van der Waals surface area contributed by atoms with Gasteiger partial charge in [0, 0.05) is 6.42 Å². The molecule has 0 atom stereocenters. The molecule has 0 saturated heterocycles. The summed E-state index contributed by atoms with van der Waals surface area (Å²) in [7, 11) is -4.02. The number of carbonyl (C=O) groups is 1. The van der Waals surface area contributed by atoms with E-state index >= 15 is 0 Å². The fourth-order valence-corrected chi connectivity index (χ4v) is 0.689. The van der Waals surface area contributed by atoms with Crippen molar-refractivity contribution in [2.45, 2.75) is 6.42 Å². The van der Waals surface area contributed by atoms with Gasteiger partial charge in [0.1, 0.15) is 0 Å². The van der Waals surface area contributed by atoms with Crippen LogP contribution in [0, 0.1) is 0 Å². The second-order valence-electron chi connectivity index (χ2n) is 1.50. The van der Waals surface area contributed by atoms with Gasteiger partial charge >= 0.3 is 103 Å². The van der Waals surface area contributed by atoms with Crippen LogP contribution < -0.4 is 109 Å². The van der Waals surface area contributed by atoms with Crippen LogP contribution in [0.4, 0.5) is 0 Å². The summed E-state index contributed by atoms with van der Waals surface area (Å²) in [6.45, 7) is 0. The van der Waals surface area contributed by atoms with Crippen LogP contribution in [0.15, 0.2) is 0 Å². The van der Waals surface area contributed by atoms with Crippen molar-refractivity contribution < 1.29 is 123 Å². The average molecular weight is 233 g/mol. The molecule has 0 heterocycles. The number of carbonyl (C=O) groups excluding carboxylic acids is 1. The Bertz CT molecular complexity index is 209. The number of nitrogens with two attached hydrogens (primary N) is 1. The zero-order valence-electron chi connectivity index (χ0n) is 8.57. The Kier molecular flexibility index (Phi) is 16.1. The molecule has 0 aromatic rings. The van der Waals surface area contributed by atoms with Gasteiger partial charge in [-0.05, 0) is 0 Å². The topological polar surface area (TPSA) is 97.5 Å². The van der Waals surface area contributed by atoms with E-state index in [1.165, 1.54) is 0 Å². The molecule has 0 aliphatic carbocycles. The maximum atomic E-state index is 9.89. The minimum absolute atomic E-state index is 0. The first kappa shape index (κ1) is 19.3. The Hall–Kier alpha value is 2.65. The summed E-state index contributed by atoms with van der Waals surface area (Å²) in [5.74, 6) is -1.34. The molecule has 1 amide bonds. The van der Waals surface area contributed by atoms with Gasteiger partial charge < -0.3 is 8.59 Å². The molecule has 3 N–H and O–H groups in total. The van der Waals surface area contributed by atoms with Crippen molar-refractivity contribution >= 4 is 16.0 Å². The number of primary amides is 1. The molecule has 0 unspecified atom stereocenters. The third-order valence-electron chi connectivity index (χ3n) is 0.606. The summed E-state index contributed by atoms with van der Waals surface area (Å²) in [6, 6.07) is 0. The molecule has 0 fully saturated rings. The second-order valence-corrected chi connectivity index (χ2v) is 3.07. The van der Waals surface area contributed by atoms with E-state index in [9.17, 15) is 13.2 Å². The fraction of sp³-hybridized carbons (Fsp3) is 0.667. The third kappa shape index (κ3) is 19.2. The predicted molar refractivity (Wildman–Crippen MR) is 32.5 cm³/mol. The van der Waals surface area contributed by atoms with Crippen molar-refractivity contribution in [3.05, 3.63) is 0 Å². The quantitative estimate of drug-likeness (QED) is 0.374. The molecule has 5 nitrogen and oxygen atoms in total. The maximum Gasteiger partial charge on any atom is 1.00 e. The van der Waals surface area contributed by atoms with Crippen molar-refractivity contribution in [2.24, 2.45) is 5.73 Å². The number of amides is 1. The van der Waals surface area contributed by atoms with Crippen molar-refractivity contribution in [3.63, 3.8) is 0 Å². The second kappa shape index (κ2) is 9.22. The molecule has 8 heteroatoms. The summed E-state index contributed by atoms with van der Waals surface area (Å²) >= 11 is 0. The Morgan fingerprint density at radius 3 is 1.91 bits per heavy atom. The normalized spacial score (nSPS) is 9.18. The molecule has 0 radical (unpaired) electrons. The molecular formula is C3H9K2NO4S. The first-order valence-corrected chi connectivity index (χ1v) is 3.76. The smallest absolute Gasteiger partial charge is 1.00 e. The van der Waals surface area contributed by atoms with E-state index in [4.69, 9.17) is 4.55 Å². The van der Waals surface area contributed by atoms with Crippen LogP contribution in [0.5, 0.6) is 0 Å². The number of hydrogen-bond acceptors (Lipinski definition) is 3. The molecular weight excluding hydrogens is 224 g/mol. The Balaban J connectivity index is -0.0000000533. The molecule has 0 aromatic heterocycles. The average Bonchev–Trinajstić information content (AvgIpc) is 1.59. The van der Waals surface area contributed by atoms with Crippen molar-refractivity contribution in [1.29, 1.82) is 0 Å². The van der Waals surface area contributed by atoms with Gasteiger partial charge in [0.05, 0.1) is 5.75 Å². The number of rotatable bonds is 3. The van der Waals surface area contributed by atoms with Gasteiger partial charge in [-0.25, -0.2) is 0 Å². The van der Waals surface area contributed by atoms with Gasteiger partial charge in [-0.15, -0.1) is 0 Å². The predicted octanol–water partition coefficient (Wildman–Crippen LogP) is -7.02.